The van der Waals surface area contributed by atoms with Crippen LogP contribution in [0, 0.1) is 17.7 Å². The molecule has 5 nitrogen and oxygen atoms in total. The Balaban J connectivity index is 2.25. The zero-order valence-electron chi connectivity index (χ0n) is 10.6. The minimum atomic E-state index is -1.01. The van der Waals surface area contributed by atoms with Crippen LogP contribution >= 0.6 is 0 Å². The average Bonchev–Trinajstić information content (AvgIpc) is 2.77. The third-order valence-corrected chi connectivity index (χ3v) is 3.05. The zero-order valence-corrected chi connectivity index (χ0v) is 10.6. The van der Waals surface area contributed by atoms with Crippen LogP contribution in [0.4, 0.5) is 4.39 Å². The van der Waals surface area contributed by atoms with Gasteiger partial charge in [-0.15, -0.1) is 0 Å². The summed E-state index contributed by atoms with van der Waals surface area (Å²) in [6.45, 7) is -0.400. The van der Waals surface area contributed by atoms with Crippen LogP contribution in [0.25, 0.3) is 0 Å². The number of hydrogen-bond donors (Lipinski definition) is 3. The molecule has 1 aliphatic heterocycles. The molecule has 6 heteroatoms. The van der Waals surface area contributed by atoms with Crippen molar-refractivity contribution in [1.82, 2.24) is 4.90 Å². The first-order valence-corrected chi connectivity index (χ1v) is 6.07. The van der Waals surface area contributed by atoms with Crippen LogP contribution < -0.4 is 0 Å². The van der Waals surface area contributed by atoms with Crippen LogP contribution in [-0.4, -0.2) is 58.0 Å². The Morgan fingerprint density at radius 2 is 2.00 bits per heavy atom. The second-order valence-corrected chi connectivity index (χ2v) is 4.50. The molecular formula is C14H14FNO4. The summed E-state index contributed by atoms with van der Waals surface area (Å²) >= 11 is 0. The number of likely N-dealkylation sites (tertiary alicyclic amines) is 1. The maximum absolute atomic E-state index is 13.7. The maximum Gasteiger partial charge on any atom is 0.257 e. The summed E-state index contributed by atoms with van der Waals surface area (Å²) in [7, 11) is 0. The molecule has 1 heterocycles. The fraction of sp³-hybridized carbons (Fsp3) is 0.357. The van der Waals surface area contributed by atoms with Gasteiger partial charge in [-0.25, -0.2) is 4.39 Å². The van der Waals surface area contributed by atoms with Gasteiger partial charge in [0.15, 0.2) is 0 Å². The third kappa shape index (κ3) is 2.96. The Morgan fingerprint density at radius 1 is 1.35 bits per heavy atom. The van der Waals surface area contributed by atoms with Crippen molar-refractivity contribution in [3.05, 3.63) is 35.1 Å². The molecule has 20 heavy (non-hydrogen) atoms. The molecule has 1 fully saturated rings. The number of halogens is 1. The molecule has 0 spiro atoms. The topological polar surface area (TPSA) is 81.0 Å². The Kier molecular flexibility index (Phi) is 4.35. The quantitative estimate of drug-likeness (QED) is 0.597. The first-order chi connectivity index (χ1) is 9.52. The summed E-state index contributed by atoms with van der Waals surface area (Å²) in [5, 5.41) is 27.4. The van der Waals surface area contributed by atoms with Crippen molar-refractivity contribution >= 4 is 5.91 Å². The van der Waals surface area contributed by atoms with E-state index in [9.17, 15) is 19.4 Å². The van der Waals surface area contributed by atoms with Gasteiger partial charge in [0.2, 0.25) is 0 Å². The van der Waals surface area contributed by atoms with Crippen molar-refractivity contribution in [2.24, 2.45) is 0 Å². The van der Waals surface area contributed by atoms with E-state index in [4.69, 9.17) is 5.11 Å². The van der Waals surface area contributed by atoms with E-state index < -0.39 is 23.9 Å². The van der Waals surface area contributed by atoms with Gasteiger partial charge in [0, 0.05) is 18.7 Å². The number of aliphatic hydroxyl groups excluding tert-OH is 3. The summed E-state index contributed by atoms with van der Waals surface area (Å²) in [6.07, 6.45) is -2.03. The van der Waals surface area contributed by atoms with Gasteiger partial charge >= 0.3 is 0 Å². The van der Waals surface area contributed by atoms with Crippen molar-refractivity contribution in [3.63, 3.8) is 0 Å². The van der Waals surface area contributed by atoms with Gasteiger partial charge in [0.05, 0.1) is 17.8 Å². The summed E-state index contributed by atoms with van der Waals surface area (Å²) in [5.74, 6) is 3.70. The number of nitrogens with zero attached hydrogens (tertiary/aromatic N) is 1. The molecule has 1 saturated heterocycles. The normalized spacial score (nSPS) is 21.5. The van der Waals surface area contributed by atoms with Gasteiger partial charge in [-0.3, -0.25) is 4.79 Å². The fourth-order valence-electron chi connectivity index (χ4n) is 2.01. The number of amides is 1. The van der Waals surface area contributed by atoms with Gasteiger partial charge in [0.25, 0.3) is 5.91 Å². The number of rotatable bonds is 1. The van der Waals surface area contributed by atoms with Gasteiger partial charge in [-0.1, -0.05) is 11.8 Å². The van der Waals surface area contributed by atoms with Gasteiger partial charge in [-0.05, 0) is 18.2 Å². The van der Waals surface area contributed by atoms with Crippen molar-refractivity contribution in [1.29, 1.82) is 0 Å². The molecule has 1 aliphatic rings. The zero-order chi connectivity index (χ0) is 14.7. The molecule has 2 unspecified atom stereocenters. The number of aliphatic hydroxyl groups is 3. The van der Waals surface area contributed by atoms with E-state index in [0.717, 1.165) is 6.07 Å². The van der Waals surface area contributed by atoms with Crippen LogP contribution in [0.1, 0.15) is 15.9 Å². The second kappa shape index (κ2) is 6.01. The van der Waals surface area contributed by atoms with E-state index >= 15 is 0 Å². The van der Waals surface area contributed by atoms with Crippen LogP contribution in [-0.2, 0) is 0 Å². The summed E-state index contributed by atoms with van der Waals surface area (Å²) in [5.41, 5.74) is 0.236. The number of carbonyl (C=O) groups excluding carboxylic acids is 1. The standard InChI is InChI=1S/C14H14FNO4/c15-11-4-3-9(2-1-5-17)6-10(11)14(20)16-7-12(18)13(19)8-16/h3-4,6,12-13,17-19H,5,7-8H2. The number of carbonyl (C=O) groups is 1. The van der Waals surface area contributed by atoms with E-state index in [1.54, 1.807) is 0 Å². The van der Waals surface area contributed by atoms with E-state index in [1.807, 2.05) is 0 Å². The molecular weight excluding hydrogens is 265 g/mol. The molecule has 0 aliphatic carbocycles. The second-order valence-electron chi connectivity index (χ2n) is 4.50. The molecule has 1 aromatic rings. The van der Waals surface area contributed by atoms with Crippen LogP contribution in [0.15, 0.2) is 18.2 Å². The van der Waals surface area contributed by atoms with Crippen molar-refractivity contribution in [2.45, 2.75) is 12.2 Å². The molecule has 0 bridgehead atoms. The van der Waals surface area contributed by atoms with Gasteiger partial charge in [0.1, 0.15) is 12.4 Å². The van der Waals surface area contributed by atoms with Gasteiger partial charge in [-0.2, -0.15) is 0 Å². The Bertz CT molecular complexity index is 568. The van der Waals surface area contributed by atoms with Crippen LogP contribution in [0.5, 0.6) is 0 Å². The highest BCUT2D eigenvalue weighted by Crippen LogP contribution is 2.17. The minimum Gasteiger partial charge on any atom is -0.388 e. The molecule has 1 amide bonds. The van der Waals surface area contributed by atoms with Crippen molar-refractivity contribution in [3.8, 4) is 11.8 Å². The van der Waals surface area contributed by atoms with E-state index in [0.29, 0.717) is 5.56 Å². The Hall–Kier alpha value is -1.94. The highest BCUT2D eigenvalue weighted by atomic mass is 19.1. The van der Waals surface area contributed by atoms with E-state index in [-0.39, 0.29) is 25.3 Å². The molecule has 1 aromatic carbocycles. The fourth-order valence-corrected chi connectivity index (χ4v) is 2.01. The molecule has 3 N–H and O–H groups in total. The molecule has 0 saturated carbocycles. The lowest BCUT2D eigenvalue weighted by Crippen LogP contribution is -2.30. The van der Waals surface area contributed by atoms with Crippen molar-refractivity contribution in [2.75, 3.05) is 19.7 Å². The minimum absolute atomic E-state index is 0.0357. The first-order valence-electron chi connectivity index (χ1n) is 6.07. The van der Waals surface area contributed by atoms with Crippen LogP contribution in [0.3, 0.4) is 0 Å². The van der Waals surface area contributed by atoms with Crippen LogP contribution in [0.2, 0.25) is 0 Å². The lowest BCUT2D eigenvalue weighted by atomic mass is 10.1. The number of benzene rings is 1. The Labute approximate surface area is 115 Å². The lowest BCUT2D eigenvalue weighted by Gasteiger charge is -2.15. The monoisotopic (exact) mass is 279 g/mol. The largest absolute Gasteiger partial charge is 0.388 e. The Morgan fingerprint density at radius 3 is 2.60 bits per heavy atom. The SMILES string of the molecule is O=C(c1cc(C#CCO)ccc1F)N1CC(O)C(O)C1. The lowest BCUT2D eigenvalue weighted by molar-refractivity contribution is 0.0572. The molecule has 0 radical (unpaired) electrons. The summed E-state index contributed by atoms with van der Waals surface area (Å²) in [6, 6.07) is 3.82. The molecule has 106 valence electrons. The highest BCUT2D eigenvalue weighted by Gasteiger charge is 2.33. The number of β-amino-alcohol motifs (C(OH)–C–C–N with tert-alkyl or cyclic N) is 2. The maximum atomic E-state index is 13.7. The predicted octanol–water partition coefficient (Wildman–Crippen LogP) is -0.653. The molecule has 2 rings (SSSR count). The number of hydrogen-bond acceptors (Lipinski definition) is 4. The summed E-state index contributed by atoms with van der Waals surface area (Å²) in [4.78, 5) is 13.3. The molecule has 0 aromatic heterocycles. The predicted molar refractivity (Wildman–Crippen MR) is 68.3 cm³/mol. The highest BCUT2D eigenvalue weighted by molar-refractivity contribution is 5.95. The average molecular weight is 279 g/mol. The smallest absolute Gasteiger partial charge is 0.257 e. The first kappa shape index (κ1) is 14.5. The van der Waals surface area contributed by atoms with E-state index in [1.165, 1.54) is 17.0 Å². The summed E-state index contributed by atoms with van der Waals surface area (Å²) < 4.78 is 13.7. The van der Waals surface area contributed by atoms with E-state index in [2.05, 4.69) is 11.8 Å². The molecule has 2 atom stereocenters. The third-order valence-electron chi connectivity index (χ3n) is 3.05. The van der Waals surface area contributed by atoms with Crippen molar-refractivity contribution < 1.29 is 24.5 Å². The van der Waals surface area contributed by atoms with Gasteiger partial charge < -0.3 is 20.2 Å².